The lowest BCUT2D eigenvalue weighted by Gasteiger charge is -2.29. The van der Waals surface area contributed by atoms with Gasteiger partial charge in [0.25, 0.3) is 0 Å². The van der Waals surface area contributed by atoms with E-state index in [2.05, 4.69) is 5.32 Å². The van der Waals surface area contributed by atoms with E-state index in [1.807, 2.05) is 0 Å². The molecule has 0 unspecified atom stereocenters. The smallest absolute Gasteiger partial charge is 0.223 e. The predicted octanol–water partition coefficient (Wildman–Crippen LogP) is 2.39. The number of nitrogens with one attached hydrogen (secondary N) is 1. The van der Waals surface area contributed by atoms with Crippen molar-refractivity contribution in [1.29, 1.82) is 0 Å². The second kappa shape index (κ2) is 6.30. The summed E-state index contributed by atoms with van der Waals surface area (Å²) in [6, 6.07) is 0.160. The van der Waals surface area contributed by atoms with E-state index in [0.717, 1.165) is 44.8 Å². The fourth-order valence-electron chi connectivity index (χ4n) is 3.03. The van der Waals surface area contributed by atoms with Crippen LogP contribution in [0.15, 0.2) is 0 Å². The van der Waals surface area contributed by atoms with Crippen LogP contribution >= 0.6 is 0 Å². The molecule has 0 aromatic carbocycles. The molecule has 0 saturated heterocycles. The zero-order valence-electron chi connectivity index (χ0n) is 10.7. The number of hydrogen-bond donors (Lipinski definition) is 1. The molecule has 0 aliphatic heterocycles. The highest BCUT2D eigenvalue weighted by Crippen LogP contribution is 2.28. The fourth-order valence-corrected chi connectivity index (χ4v) is 3.03. The molecule has 4 heteroatoms. The molecule has 0 spiro atoms. The molecule has 1 N–H and O–H groups in total. The lowest BCUT2D eigenvalue weighted by Crippen LogP contribution is -2.42. The van der Waals surface area contributed by atoms with Gasteiger partial charge in [0.05, 0.1) is 0 Å². The van der Waals surface area contributed by atoms with Crippen molar-refractivity contribution < 1.29 is 14.0 Å². The van der Waals surface area contributed by atoms with Gasteiger partial charge in [0.1, 0.15) is 12.5 Å². The van der Waals surface area contributed by atoms with Gasteiger partial charge in [-0.3, -0.25) is 4.79 Å². The third-order valence-corrected chi connectivity index (χ3v) is 4.34. The first-order valence-corrected chi connectivity index (χ1v) is 7.08. The number of halogens is 1. The van der Waals surface area contributed by atoms with Gasteiger partial charge in [-0.25, -0.2) is 4.39 Å². The molecule has 0 radical (unpaired) electrons. The van der Waals surface area contributed by atoms with Gasteiger partial charge >= 0.3 is 0 Å². The van der Waals surface area contributed by atoms with E-state index in [9.17, 15) is 14.0 Å². The van der Waals surface area contributed by atoms with Gasteiger partial charge in [-0.1, -0.05) is 0 Å². The van der Waals surface area contributed by atoms with E-state index in [4.69, 9.17) is 0 Å². The lowest BCUT2D eigenvalue weighted by atomic mass is 9.82. The van der Waals surface area contributed by atoms with Gasteiger partial charge in [0.2, 0.25) is 5.91 Å². The average molecular weight is 255 g/mol. The quantitative estimate of drug-likeness (QED) is 0.787. The molecule has 2 saturated carbocycles. The van der Waals surface area contributed by atoms with Crippen molar-refractivity contribution in [3.05, 3.63) is 0 Å². The second-order valence-corrected chi connectivity index (χ2v) is 5.71. The van der Waals surface area contributed by atoms with E-state index in [1.54, 1.807) is 0 Å². The molecule has 0 aromatic rings. The highest BCUT2D eigenvalue weighted by molar-refractivity contribution is 5.79. The summed E-state index contributed by atoms with van der Waals surface area (Å²) in [4.78, 5) is 22.7. The van der Waals surface area contributed by atoms with Crippen LogP contribution < -0.4 is 5.32 Å². The highest BCUT2D eigenvalue weighted by atomic mass is 19.1. The molecule has 102 valence electrons. The molecular weight excluding hydrogens is 233 g/mol. The normalized spacial score (nSPS) is 36.9. The van der Waals surface area contributed by atoms with Crippen molar-refractivity contribution >= 4 is 12.2 Å². The molecule has 2 aliphatic rings. The number of carbonyl (C=O) groups is 2. The Hall–Kier alpha value is -0.930. The Labute approximate surface area is 108 Å². The third-order valence-electron chi connectivity index (χ3n) is 4.34. The van der Waals surface area contributed by atoms with Gasteiger partial charge < -0.3 is 10.1 Å². The Morgan fingerprint density at radius 3 is 2.17 bits per heavy atom. The van der Waals surface area contributed by atoms with E-state index < -0.39 is 6.17 Å². The molecule has 0 bridgehead atoms. The van der Waals surface area contributed by atoms with Crippen LogP contribution in [-0.4, -0.2) is 24.4 Å². The summed E-state index contributed by atoms with van der Waals surface area (Å²) in [5.74, 6) is 0.321. The number of alkyl halides is 1. The second-order valence-electron chi connectivity index (χ2n) is 5.71. The third kappa shape index (κ3) is 3.53. The van der Waals surface area contributed by atoms with Crippen molar-refractivity contribution in [3.63, 3.8) is 0 Å². The van der Waals surface area contributed by atoms with Crippen LogP contribution in [0, 0.1) is 11.8 Å². The van der Waals surface area contributed by atoms with Crippen LogP contribution in [0.1, 0.15) is 51.4 Å². The first kappa shape index (κ1) is 13.5. The molecule has 1 amide bonds. The summed E-state index contributed by atoms with van der Waals surface area (Å²) >= 11 is 0. The van der Waals surface area contributed by atoms with Crippen LogP contribution in [-0.2, 0) is 9.59 Å². The summed E-state index contributed by atoms with van der Waals surface area (Å²) in [6.45, 7) is 0. The Bertz CT molecular complexity index is 292. The van der Waals surface area contributed by atoms with Gasteiger partial charge in [-0.05, 0) is 51.4 Å². The summed E-state index contributed by atoms with van der Waals surface area (Å²) in [7, 11) is 0. The first-order chi connectivity index (χ1) is 8.69. The van der Waals surface area contributed by atoms with E-state index in [1.165, 1.54) is 0 Å². The van der Waals surface area contributed by atoms with Crippen molar-refractivity contribution in [2.45, 2.75) is 63.6 Å². The molecular formula is C14H22FNO2. The molecule has 2 aliphatic carbocycles. The zero-order chi connectivity index (χ0) is 13.0. The molecule has 18 heavy (non-hydrogen) atoms. The highest BCUT2D eigenvalue weighted by Gasteiger charge is 2.28. The maximum absolute atomic E-state index is 13.0. The minimum Gasteiger partial charge on any atom is -0.353 e. The number of carbonyl (C=O) groups excluding carboxylic acids is 2. The molecule has 2 rings (SSSR count). The van der Waals surface area contributed by atoms with Crippen LogP contribution in [0.25, 0.3) is 0 Å². The monoisotopic (exact) mass is 255 g/mol. The van der Waals surface area contributed by atoms with E-state index in [-0.39, 0.29) is 23.8 Å². The number of amides is 1. The van der Waals surface area contributed by atoms with Crippen molar-refractivity contribution in [3.8, 4) is 0 Å². The average Bonchev–Trinajstić information content (AvgIpc) is 2.41. The lowest BCUT2D eigenvalue weighted by molar-refractivity contribution is -0.128. The molecule has 3 nitrogen and oxygen atoms in total. The molecule has 0 heterocycles. The largest absolute Gasteiger partial charge is 0.353 e. The predicted molar refractivity (Wildman–Crippen MR) is 66.8 cm³/mol. The summed E-state index contributed by atoms with van der Waals surface area (Å²) in [5.41, 5.74) is 0. The number of rotatable bonds is 3. The van der Waals surface area contributed by atoms with Gasteiger partial charge in [-0.2, -0.15) is 0 Å². The SMILES string of the molecule is O=CC1CCC(C(=O)NC2CCC(F)CC2)CC1. The Morgan fingerprint density at radius 1 is 1.00 bits per heavy atom. The Kier molecular flexibility index (Phi) is 4.72. The Balaban J connectivity index is 1.73. The van der Waals surface area contributed by atoms with Crippen LogP contribution in [0.4, 0.5) is 4.39 Å². The van der Waals surface area contributed by atoms with Crippen molar-refractivity contribution in [1.82, 2.24) is 5.32 Å². The van der Waals surface area contributed by atoms with Gasteiger partial charge in [-0.15, -0.1) is 0 Å². The zero-order valence-corrected chi connectivity index (χ0v) is 10.7. The maximum atomic E-state index is 13.0. The van der Waals surface area contributed by atoms with E-state index >= 15 is 0 Å². The van der Waals surface area contributed by atoms with Crippen molar-refractivity contribution in [2.75, 3.05) is 0 Å². The summed E-state index contributed by atoms with van der Waals surface area (Å²) in [6.07, 6.45) is 6.29. The summed E-state index contributed by atoms with van der Waals surface area (Å²) in [5, 5.41) is 3.05. The fraction of sp³-hybridized carbons (Fsp3) is 0.857. The number of aldehydes is 1. The van der Waals surface area contributed by atoms with E-state index in [0.29, 0.717) is 12.8 Å². The molecule has 0 aromatic heterocycles. The molecule has 2 fully saturated rings. The maximum Gasteiger partial charge on any atom is 0.223 e. The summed E-state index contributed by atoms with van der Waals surface area (Å²) < 4.78 is 13.0. The Morgan fingerprint density at radius 2 is 1.61 bits per heavy atom. The van der Waals surface area contributed by atoms with Gasteiger partial charge in [0.15, 0.2) is 0 Å². The van der Waals surface area contributed by atoms with Crippen molar-refractivity contribution in [2.24, 2.45) is 11.8 Å². The number of hydrogen-bond acceptors (Lipinski definition) is 2. The van der Waals surface area contributed by atoms with Crippen LogP contribution in [0.3, 0.4) is 0 Å². The minimum atomic E-state index is -0.679. The van der Waals surface area contributed by atoms with Crippen LogP contribution in [0.5, 0.6) is 0 Å². The minimum absolute atomic E-state index is 0.0595. The molecule has 0 atom stereocenters. The first-order valence-electron chi connectivity index (χ1n) is 7.08. The van der Waals surface area contributed by atoms with Crippen LogP contribution in [0.2, 0.25) is 0 Å². The topological polar surface area (TPSA) is 46.2 Å². The standard InChI is InChI=1S/C14H22FNO2/c15-12-5-7-13(8-6-12)16-14(18)11-3-1-10(9-17)2-4-11/h9-13H,1-8H2,(H,16,18). The van der Waals surface area contributed by atoms with Gasteiger partial charge in [0, 0.05) is 17.9 Å².